The molecule has 3 aromatic carbocycles. The van der Waals surface area contributed by atoms with Crippen molar-refractivity contribution in [3.8, 4) is 17.0 Å². The van der Waals surface area contributed by atoms with Crippen molar-refractivity contribution in [1.29, 1.82) is 0 Å². The third kappa shape index (κ3) is 4.40. The molecule has 30 heavy (non-hydrogen) atoms. The van der Waals surface area contributed by atoms with Gasteiger partial charge in [0.2, 0.25) is 0 Å². The average molecular weight is 481 g/mol. The Kier molecular flexibility index (Phi) is 6.45. The molecule has 6 heteroatoms. The first-order valence-electron chi connectivity index (χ1n) is 9.58. The first-order valence-corrected chi connectivity index (χ1v) is 11.4. The summed E-state index contributed by atoms with van der Waals surface area (Å²) >= 11 is 5.17. The van der Waals surface area contributed by atoms with E-state index < -0.39 is 0 Å². The van der Waals surface area contributed by atoms with Crippen LogP contribution in [0.25, 0.3) is 22.2 Å². The maximum atomic E-state index is 12.4. The summed E-state index contributed by atoms with van der Waals surface area (Å²) in [6.07, 6.45) is 0. The molecule has 0 spiro atoms. The zero-order valence-electron chi connectivity index (χ0n) is 16.4. The maximum Gasteiger partial charge on any atom is 0.252 e. The van der Waals surface area contributed by atoms with E-state index in [9.17, 15) is 4.79 Å². The van der Waals surface area contributed by atoms with E-state index in [-0.39, 0.29) is 5.91 Å². The van der Waals surface area contributed by atoms with Crippen LogP contribution in [0.15, 0.2) is 82.2 Å². The molecule has 1 heterocycles. The highest BCUT2D eigenvalue weighted by Crippen LogP contribution is 2.38. The van der Waals surface area contributed by atoms with Crippen molar-refractivity contribution >= 4 is 44.5 Å². The van der Waals surface area contributed by atoms with Gasteiger partial charge in [-0.05, 0) is 64.0 Å². The summed E-state index contributed by atoms with van der Waals surface area (Å²) in [5, 5.41) is 4.19. The SMILES string of the molecule is COc1ccc(-c2[nH]c3ccccc3c2SCCNC(=O)c2ccccc2Br)cc1. The Hall–Kier alpha value is -2.70. The van der Waals surface area contributed by atoms with Crippen LogP contribution in [-0.2, 0) is 0 Å². The van der Waals surface area contributed by atoms with Gasteiger partial charge >= 0.3 is 0 Å². The summed E-state index contributed by atoms with van der Waals surface area (Å²) in [5.74, 6) is 1.53. The number of carbonyl (C=O) groups is 1. The van der Waals surface area contributed by atoms with Crippen LogP contribution in [0.5, 0.6) is 5.75 Å². The summed E-state index contributed by atoms with van der Waals surface area (Å²) in [6, 6.07) is 23.8. The molecule has 4 nitrogen and oxygen atoms in total. The molecule has 4 aromatic rings. The van der Waals surface area contributed by atoms with Crippen molar-refractivity contribution in [3.05, 3.63) is 82.8 Å². The lowest BCUT2D eigenvalue weighted by atomic mass is 10.1. The number of hydrogen-bond donors (Lipinski definition) is 2. The fraction of sp³-hybridized carbons (Fsp3) is 0.125. The number of rotatable bonds is 7. The quantitative estimate of drug-likeness (QED) is 0.247. The van der Waals surface area contributed by atoms with Crippen LogP contribution in [-0.4, -0.2) is 30.3 Å². The molecule has 152 valence electrons. The van der Waals surface area contributed by atoms with E-state index >= 15 is 0 Å². The van der Waals surface area contributed by atoms with Crippen molar-refractivity contribution in [2.24, 2.45) is 0 Å². The smallest absolute Gasteiger partial charge is 0.252 e. The normalized spacial score (nSPS) is 10.9. The molecule has 0 radical (unpaired) electrons. The molecule has 1 aromatic heterocycles. The molecule has 1 amide bonds. The summed E-state index contributed by atoms with van der Waals surface area (Å²) in [7, 11) is 1.67. The highest BCUT2D eigenvalue weighted by Gasteiger charge is 2.14. The zero-order chi connectivity index (χ0) is 20.9. The molecule has 0 aliphatic rings. The largest absolute Gasteiger partial charge is 0.497 e. The summed E-state index contributed by atoms with van der Waals surface area (Å²) in [6.45, 7) is 0.576. The number of aromatic nitrogens is 1. The predicted octanol–water partition coefficient (Wildman–Crippen LogP) is 6.13. The molecule has 0 atom stereocenters. The van der Waals surface area contributed by atoms with Gasteiger partial charge in [-0.15, -0.1) is 11.8 Å². The number of thioether (sulfide) groups is 1. The molecule has 4 rings (SSSR count). The topological polar surface area (TPSA) is 54.1 Å². The highest BCUT2D eigenvalue weighted by molar-refractivity contribution is 9.10. The van der Waals surface area contributed by atoms with Gasteiger partial charge in [0.05, 0.1) is 18.4 Å². The molecule has 0 unspecified atom stereocenters. The number of nitrogens with one attached hydrogen (secondary N) is 2. The Labute approximate surface area is 188 Å². The second-order valence-corrected chi connectivity index (χ2v) is 8.65. The van der Waals surface area contributed by atoms with E-state index in [1.807, 2.05) is 48.5 Å². The predicted molar refractivity (Wildman–Crippen MR) is 127 cm³/mol. The summed E-state index contributed by atoms with van der Waals surface area (Å²) in [4.78, 5) is 17.2. The number of amides is 1. The average Bonchev–Trinajstić information content (AvgIpc) is 3.15. The van der Waals surface area contributed by atoms with E-state index in [1.165, 1.54) is 10.3 Å². The third-order valence-corrected chi connectivity index (χ3v) is 6.60. The van der Waals surface area contributed by atoms with Gasteiger partial charge in [0.25, 0.3) is 5.91 Å². The fourth-order valence-corrected chi connectivity index (χ4v) is 4.81. The molecule has 0 saturated carbocycles. The van der Waals surface area contributed by atoms with Crippen molar-refractivity contribution in [2.45, 2.75) is 4.90 Å². The van der Waals surface area contributed by atoms with Crippen molar-refractivity contribution < 1.29 is 9.53 Å². The number of fused-ring (bicyclic) bond motifs is 1. The van der Waals surface area contributed by atoms with Crippen LogP contribution < -0.4 is 10.1 Å². The second-order valence-electron chi connectivity index (χ2n) is 6.69. The van der Waals surface area contributed by atoms with Gasteiger partial charge in [-0.3, -0.25) is 4.79 Å². The molecule has 0 fully saturated rings. The van der Waals surface area contributed by atoms with E-state index in [0.29, 0.717) is 12.1 Å². The number of H-pyrrole nitrogens is 1. The number of hydrogen-bond acceptors (Lipinski definition) is 3. The van der Waals surface area contributed by atoms with Gasteiger partial charge < -0.3 is 15.0 Å². The van der Waals surface area contributed by atoms with Gasteiger partial charge in [-0.1, -0.05) is 30.3 Å². The Balaban J connectivity index is 1.50. The third-order valence-electron chi connectivity index (χ3n) is 4.79. The summed E-state index contributed by atoms with van der Waals surface area (Å²) in [5.41, 5.74) is 3.93. The van der Waals surface area contributed by atoms with E-state index in [0.717, 1.165) is 32.7 Å². The first kappa shape index (κ1) is 20.6. The Morgan fingerprint density at radius 3 is 2.53 bits per heavy atom. The molecule has 0 aliphatic heterocycles. The van der Waals surface area contributed by atoms with Gasteiger partial charge in [-0.2, -0.15) is 0 Å². The van der Waals surface area contributed by atoms with E-state index in [2.05, 4.69) is 50.5 Å². The Morgan fingerprint density at radius 2 is 1.77 bits per heavy atom. The van der Waals surface area contributed by atoms with Crippen LogP contribution in [0.3, 0.4) is 0 Å². The number of para-hydroxylation sites is 1. The monoisotopic (exact) mass is 480 g/mol. The van der Waals surface area contributed by atoms with Gasteiger partial charge in [0.15, 0.2) is 0 Å². The van der Waals surface area contributed by atoms with Crippen LogP contribution in [0.1, 0.15) is 10.4 Å². The van der Waals surface area contributed by atoms with Gasteiger partial charge in [0, 0.05) is 32.6 Å². The van der Waals surface area contributed by atoms with Gasteiger partial charge in [0.1, 0.15) is 5.75 Å². The minimum absolute atomic E-state index is 0.0719. The van der Waals surface area contributed by atoms with Crippen LogP contribution in [0.2, 0.25) is 0 Å². The molecular weight excluding hydrogens is 460 g/mol. The zero-order valence-corrected chi connectivity index (χ0v) is 18.8. The number of carbonyl (C=O) groups excluding carboxylic acids is 1. The molecule has 2 N–H and O–H groups in total. The number of aromatic amines is 1. The minimum Gasteiger partial charge on any atom is -0.497 e. The standard InChI is InChI=1S/C24H21BrN2O2S/c1-29-17-12-10-16(11-13-17)22-23(19-7-3-5-9-21(19)27-22)30-15-14-26-24(28)18-6-2-4-8-20(18)25/h2-13,27H,14-15H2,1H3,(H,26,28). The number of halogens is 1. The van der Waals surface area contributed by atoms with Crippen molar-refractivity contribution in [3.63, 3.8) is 0 Å². The molecule has 0 saturated heterocycles. The molecule has 0 bridgehead atoms. The highest BCUT2D eigenvalue weighted by atomic mass is 79.9. The lowest BCUT2D eigenvalue weighted by Gasteiger charge is -2.08. The minimum atomic E-state index is -0.0719. The fourth-order valence-electron chi connectivity index (χ4n) is 3.29. The van der Waals surface area contributed by atoms with Crippen LogP contribution in [0.4, 0.5) is 0 Å². The Bertz CT molecular complexity index is 1170. The molecule has 0 aliphatic carbocycles. The van der Waals surface area contributed by atoms with Gasteiger partial charge in [-0.25, -0.2) is 0 Å². The van der Waals surface area contributed by atoms with Crippen LogP contribution in [0, 0.1) is 0 Å². The van der Waals surface area contributed by atoms with Crippen molar-refractivity contribution in [1.82, 2.24) is 10.3 Å². The molecular formula is C24H21BrN2O2S. The lowest BCUT2D eigenvalue weighted by Crippen LogP contribution is -2.26. The van der Waals surface area contributed by atoms with Crippen LogP contribution >= 0.6 is 27.7 Å². The van der Waals surface area contributed by atoms with Crippen molar-refractivity contribution in [2.75, 3.05) is 19.4 Å². The number of ether oxygens (including phenoxy) is 1. The van der Waals surface area contributed by atoms with E-state index in [4.69, 9.17) is 4.74 Å². The second kappa shape index (κ2) is 9.41. The lowest BCUT2D eigenvalue weighted by molar-refractivity contribution is 0.0955. The summed E-state index contributed by atoms with van der Waals surface area (Å²) < 4.78 is 6.08. The number of benzene rings is 3. The first-order chi connectivity index (χ1) is 14.7. The maximum absolute atomic E-state index is 12.4. The Morgan fingerprint density at radius 1 is 1.03 bits per heavy atom. The van der Waals surface area contributed by atoms with E-state index in [1.54, 1.807) is 18.9 Å². The number of methoxy groups -OCH3 is 1.